The van der Waals surface area contributed by atoms with Crippen molar-refractivity contribution in [2.75, 3.05) is 19.6 Å². The number of hydrogen-bond acceptors (Lipinski definition) is 3. The van der Waals surface area contributed by atoms with Crippen molar-refractivity contribution in [1.29, 1.82) is 0 Å². The lowest BCUT2D eigenvalue weighted by atomic mass is 9.54. The fourth-order valence-corrected chi connectivity index (χ4v) is 5.74. The summed E-state index contributed by atoms with van der Waals surface area (Å²) < 4.78 is 0. The van der Waals surface area contributed by atoms with E-state index < -0.39 is 5.54 Å². The topological polar surface area (TPSA) is 44.7 Å². The van der Waals surface area contributed by atoms with Crippen LogP contribution in [0.1, 0.15) is 60.8 Å². The molecule has 5 atom stereocenters. The van der Waals surface area contributed by atoms with Gasteiger partial charge in [0.1, 0.15) is 0 Å². The molecule has 5 unspecified atom stereocenters. The summed E-state index contributed by atoms with van der Waals surface area (Å²) in [5.74, 6) is 3.47. The molecule has 1 aliphatic carbocycles. The number of aliphatic imine (C=N–C) groups is 1. The zero-order valence-electron chi connectivity index (χ0n) is 17.7. The van der Waals surface area contributed by atoms with Crippen molar-refractivity contribution in [3.05, 3.63) is 0 Å². The predicted octanol–water partition coefficient (Wildman–Crippen LogP) is 3.61. The molecule has 4 nitrogen and oxygen atoms in total. The third kappa shape index (κ3) is 3.46. The molecule has 148 valence electrons. The van der Waals surface area contributed by atoms with Crippen molar-refractivity contribution >= 4 is 12.1 Å². The summed E-state index contributed by atoms with van der Waals surface area (Å²) in [6.07, 6.45) is 5.62. The highest BCUT2D eigenvalue weighted by Gasteiger charge is 2.64. The van der Waals surface area contributed by atoms with Crippen molar-refractivity contribution < 1.29 is 4.79 Å². The van der Waals surface area contributed by atoms with Gasteiger partial charge in [0.2, 0.25) is 5.91 Å². The summed E-state index contributed by atoms with van der Waals surface area (Å²) >= 11 is 0. The van der Waals surface area contributed by atoms with Crippen LogP contribution in [0.5, 0.6) is 0 Å². The van der Waals surface area contributed by atoms with Gasteiger partial charge in [0, 0.05) is 25.3 Å². The third-order valence-corrected chi connectivity index (χ3v) is 6.60. The van der Waals surface area contributed by atoms with Crippen LogP contribution in [0.25, 0.3) is 0 Å². The zero-order valence-corrected chi connectivity index (χ0v) is 17.7. The van der Waals surface area contributed by atoms with Crippen molar-refractivity contribution in [3.8, 4) is 0 Å². The highest BCUT2D eigenvalue weighted by atomic mass is 16.2. The Balaban J connectivity index is 1.97. The average molecular weight is 362 g/mol. The minimum atomic E-state index is -0.545. The van der Waals surface area contributed by atoms with Gasteiger partial charge in [-0.05, 0) is 61.3 Å². The molecular weight excluding hydrogens is 322 g/mol. The van der Waals surface area contributed by atoms with E-state index in [1.807, 2.05) is 0 Å². The van der Waals surface area contributed by atoms with Gasteiger partial charge < -0.3 is 5.32 Å². The maximum Gasteiger partial charge on any atom is 0.249 e. The first-order valence-electron chi connectivity index (χ1n) is 10.8. The largest absolute Gasteiger partial charge is 0.354 e. The Hall–Kier alpha value is -0.900. The second kappa shape index (κ2) is 7.61. The molecule has 3 aliphatic heterocycles. The standard InChI is InChI=1S/C22H39N3O/c1-14(2)9-19-17-10-18-7-8-25(13-16(5)6)20(19)22(18,24-12-17)21(26)23-11-15(3)4/h12,14-20H,7-11,13H2,1-6H3,(H,23,26). The van der Waals surface area contributed by atoms with Crippen LogP contribution in [0.4, 0.5) is 0 Å². The van der Waals surface area contributed by atoms with Crippen LogP contribution in [0.3, 0.4) is 0 Å². The number of carbonyl (C=O) groups is 1. The molecular formula is C22H39N3O. The van der Waals surface area contributed by atoms with Crippen LogP contribution in [0.2, 0.25) is 0 Å². The molecule has 4 aliphatic rings. The number of amides is 1. The van der Waals surface area contributed by atoms with E-state index in [1.165, 1.54) is 6.42 Å². The molecule has 0 radical (unpaired) electrons. The molecule has 1 saturated heterocycles. The smallest absolute Gasteiger partial charge is 0.249 e. The maximum absolute atomic E-state index is 13.5. The molecule has 26 heavy (non-hydrogen) atoms. The molecule has 0 aromatic carbocycles. The van der Waals surface area contributed by atoms with Gasteiger partial charge in [0.15, 0.2) is 5.54 Å². The van der Waals surface area contributed by atoms with Gasteiger partial charge in [0.25, 0.3) is 0 Å². The highest BCUT2D eigenvalue weighted by molar-refractivity contribution is 5.91. The lowest BCUT2D eigenvalue weighted by Crippen LogP contribution is -2.74. The van der Waals surface area contributed by atoms with E-state index in [-0.39, 0.29) is 11.9 Å². The van der Waals surface area contributed by atoms with Crippen molar-refractivity contribution in [1.82, 2.24) is 10.2 Å². The quantitative estimate of drug-likeness (QED) is 0.753. The summed E-state index contributed by atoms with van der Waals surface area (Å²) in [6.45, 7) is 16.5. The molecule has 3 heterocycles. The molecule has 0 aromatic heterocycles. The first-order chi connectivity index (χ1) is 12.3. The minimum Gasteiger partial charge on any atom is -0.354 e. The first-order valence-corrected chi connectivity index (χ1v) is 10.8. The summed E-state index contributed by atoms with van der Waals surface area (Å²) in [4.78, 5) is 21.2. The van der Waals surface area contributed by atoms with Crippen LogP contribution in [-0.4, -0.2) is 48.2 Å². The van der Waals surface area contributed by atoms with E-state index in [9.17, 15) is 4.79 Å². The Bertz CT molecular complexity index is 542. The average Bonchev–Trinajstić information content (AvgIpc) is 2.56. The van der Waals surface area contributed by atoms with E-state index in [4.69, 9.17) is 4.99 Å². The third-order valence-electron chi connectivity index (χ3n) is 6.60. The van der Waals surface area contributed by atoms with Crippen LogP contribution in [0.15, 0.2) is 4.99 Å². The number of nitrogens with zero attached hydrogens (tertiary/aromatic N) is 2. The van der Waals surface area contributed by atoms with Gasteiger partial charge >= 0.3 is 0 Å². The second-order valence-electron chi connectivity index (χ2n) is 10.2. The predicted molar refractivity (Wildman–Crippen MR) is 108 cm³/mol. The Morgan fingerprint density at radius 3 is 2.54 bits per heavy atom. The van der Waals surface area contributed by atoms with E-state index in [1.54, 1.807) is 0 Å². The molecule has 1 saturated carbocycles. The van der Waals surface area contributed by atoms with Crippen molar-refractivity contribution in [2.24, 2.45) is 40.5 Å². The molecule has 4 rings (SSSR count). The lowest BCUT2D eigenvalue weighted by molar-refractivity contribution is -0.145. The maximum atomic E-state index is 13.5. The van der Waals surface area contributed by atoms with Crippen LogP contribution in [-0.2, 0) is 4.79 Å². The Morgan fingerprint density at radius 2 is 1.92 bits per heavy atom. The van der Waals surface area contributed by atoms with Gasteiger partial charge in [-0.2, -0.15) is 0 Å². The van der Waals surface area contributed by atoms with Crippen LogP contribution >= 0.6 is 0 Å². The van der Waals surface area contributed by atoms with E-state index in [0.29, 0.717) is 35.5 Å². The normalized spacial score (nSPS) is 36.3. The molecule has 1 amide bonds. The summed E-state index contributed by atoms with van der Waals surface area (Å²) in [5, 5.41) is 3.27. The Morgan fingerprint density at radius 1 is 1.19 bits per heavy atom. The van der Waals surface area contributed by atoms with Gasteiger partial charge in [-0.15, -0.1) is 0 Å². The van der Waals surface area contributed by atoms with E-state index in [0.717, 1.165) is 32.5 Å². The van der Waals surface area contributed by atoms with Gasteiger partial charge in [0.05, 0.1) is 0 Å². The number of piperidine rings is 1. The fourth-order valence-electron chi connectivity index (χ4n) is 5.74. The highest BCUT2D eigenvalue weighted by Crippen LogP contribution is 2.54. The summed E-state index contributed by atoms with van der Waals surface area (Å²) in [7, 11) is 0. The molecule has 0 spiro atoms. The number of carbonyl (C=O) groups excluding carboxylic acids is 1. The zero-order chi connectivity index (χ0) is 19.1. The minimum absolute atomic E-state index is 0.192. The number of rotatable bonds is 7. The lowest BCUT2D eigenvalue weighted by Gasteiger charge is -2.62. The van der Waals surface area contributed by atoms with E-state index >= 15 is 0 Å². The van der Waals surface area contributed by atoms with Crippen LogP contribution < -0.4 is 5.32 Å². The van der Waals surface area contributed by atoms with Crippen LogP contribution in [0, 0.1) is 35.5 Å². The first kappa shape index (κ1) is 19.9. The van der Waals surface area contributed by atoms with Gasteiger partial charge in [-0.25, -0.2) is 0 Å². The number of nitrogens with one attached hydrogen (secondary N) is 1. The monoisotopic (exact) mass is 361 g/mol. The van der Waals surface area contributed by atoms with E-state index in [2.05, 4.69) is 58.0 Å². The number of likely N-dealkylation sites (tertiary alicyclic amines) is 1. The molecule has 2 fully saturated rings. The van der Waals surface area contributed by atoms with Crippen molar-refractivity contribution in [3.63, 3.8) is 0 Å². The Kier molecular flexibility index (Phi) is 5.81. The molecule has 4 bridgehead atoms. The van der Waals surface area contributed by atoms with Gasteiger partial charge in [-0.1, -0.05) is 41.5 Å². The van der Waals surface area contributed by atoms with Gasteiger partial charge in [-0.3, -0.25) is 14.7 Å². The SMILES string of the molecule is CC(C)CNC(=O)C12N=CC3CC1CCN(CC(C)C)C2C3CC(C)C. The van der Waals surface area contributed by atoms with Crippen molar-refractivity contribution in [2.45, 2.75) is 72.4 Å². The second-order valence-corrected chi connectivity index (χ2v) is 10.2. The Labute approximate surface area is 160 Å². The number of hydrogen-bond donors (Lipinski definition) is 1. The molecule has 4 heteroatoms. The summed E-state index contributed by atoms with van der Waals surface area (Å²) in [5.41, 5.74) is -0.545. The molecule has 1 N–H and O–H groups in total. The molecule has 0 aromatic rings. The summed E-state index contributed by atoms with van der Waals surface area (Å²) in [6, 6.07) is 0.280. The fraction of sp³-hybridized carbons (Fsp3) is 0.909.